The number of thiocarbonyl (C=S) groups is 1. The molecule has 4 nitrogen and oxygen atoms in total. The van der Waals surface area contributed by atoms with E-state index < -0.39 is 23.3 Å². The second-order valence-corrected chi connectivity index (χ2v) is 4.61. The summed E-state index contributed by atoms with van der Waals surface area (Å²) in [5.41, 5.74) is 5.68. The lowest BCUT2D eigenvalue weighted by Gasteiger charge is -2.11. The monoisotopic (exact) mass is 308 g/mol. The molecule has 0 aliphatic carbocycles. The molecule has 0 bridgehead atoms. The lowest BCUT2D eigenvalue weighted by atomic mass is 10.1. The second-order valence-electron chi connectivity index (χ2n) is 4.17. The van der Waals surface area contributed by atoms with E-state index in [0.717, 1.165) is 30.3 Å². The molecular formula is C14H10F2N2O2S. The van der Waals surface area contributed by atoms with E-state index in [4.69, 9.17) is 18.0 Å². The second kappa shape index (κ2) is 5.84. The molecule has 0 unspecified atom stereocenters. The Balaban J connectivity index is 2.34. The molecule has 4 N–H and O–H groups in total. The summed E-state index contributed by atoms with van der Waals surface area (Å²) in [5.74, 6) is -2.43. The minimum Gasteiger partial charge on any atom is -0.507 e. The fraction of sp³-hybridized carbons (Fsp3) is 0. The molecule has 0 heterocycles. The normalized spacial score (nSPS) is 10.2. The van der Waals surface area contributed by atoms with E-state index in [0.29, 0.717) is 0 Å². The van der Waals surface area contributed by atoms with Gasteiger partial charge in [-0.1, -0.05) is 12.2 Å². The summed E-state index contributed by atoms with van der Waals surface area (Å²) in [5, 5.41) is 12.0. The molecule has 0 atom stereocenters. The molecule has 0 spiro atoms. The summed E-state index contributed by atoms with van der Waals surface area (Å²) in [6.45, 7) is 0. The fourth-order valence-corrected chi connectivity index (χ4v) is 1.88. The maximum absolute atomic E-state index is 13.2. The van der Waals surface area contributed by atoms with Gasteiger partial charge in [0, 0.05) is 11.6 Å². The molecular weight excluding hydrogens is 298 g/mol. The van der Waals surface area contributed by atoms with Gasteiger partial charge in [-0.25, -0.2) is 8.78 Å². The number of rotatable bonds is 3. The van der Waals surface area contributed by atoms with Gasteiger partial charge in [0.2, 0.25) is 0 Å². The third-order valence-electron chi connectivity index (χ3n) is 2.70. The average Bonchev–Trinajstić information content (AvgIpc) is 2.40. The maximum Gasteiger partial charge on any atom is 0.259 e. The Bertz CT molecular complexity index is 735. The largest absolute Gasteiger partial charge is 0.507 e. The summed E-state index contributed by atoms with van der Waals surface area (Å²) in [7, 11) is 0. The van der Waals surface area contributed by atoms with Crippen LogP contribution in [0.2, 0.25) is 0 Å². The first kappa shape index (κ1) is 14.9. The van der Waals surface area contributed by atoms with Crippen LogP contribution in [0.3, 0.4) is 0 Å². The van der Waals surface area contributed by atoms with E-state index >= 15 is 0 Å². The lowest BCUT2D eigenvalue weighted by Crippen LogP contribution is -2.18. The van der Waals surface area contributed by atoms with Crippen molar-refractivity contribution in [3.8, 4) is 5.75 Å². The predicted molar refractivity (Wildman–Crippen MR) is 78.3 cm³/mol. The summed E-state index contributed by atoms with van der Waals surface area (Å²) in [4.78, 5) is 11.9. The number of hydrogen-bond donors (Lipinski definition) is 3. The first-order valence-corrected chi connectivity index (χ1v) is 6.18. The minimum absolute atomic E-state index is 0.0897. The number of nitrogens with two attached hydrogens (primary N) is 1. The highest BCUT2D eigenvalue weighted by Gasteiger charge is 2.15. The van der Waals surface area contributed by atoms with Crippen LogP contribution in [0.5, 0.6) is 5.75 Å². The zero-order valence-electron chi connectivity index (χ0n) is 10.6. The number of halogens is 2. The molecule has 0 aliphatic heterocycles. The van der Waals surface area contributed by atoms with E-state index in [-0.39, 0.29) is 21.8 Å². The third kappa shape index (κ3) is 3.32. The molecule has 1 amide bonds. The van der Waals surface area contributed by atoms with Crippen LogP contribution in [0.1, 0.15) is 15.9 Å². The lowest BCUT2D eigenvalue weighted by molar-refractivity contribution is 0.102. The first-order chi connectivity index (χ1) is 9.88. The molecule has 7 heteroatoms. The van der Waals surface area contributed by atoms with Crippen LogP contribution < -0.4 is 11.1 Å². The number of aromatic hydroxyl groups is 1. The Labute approximate surface area is 124 Å². The van der Waals surface area contributed by atoms with Crippen molar-refractivity contribution in [3.05, 3.63) is 59.2 Å². The molecule has 0 aromatic heterocycles. The van der Waals surface area contributed by atoms with Crippen molar-refractivity contribution in [1.29, 1.82) is 0 Å². The number of nitrogens with one attached hydrogen (secondary N) is 1. The number of benzene rings is 2. The maximum atomic E-state index is 13.2. The summed E-state index contributed by atoms with van der Waals surface area (Å²) in [6, 6.07) is 6.48. The van der Waals surface area contributed by atoms with Crippen molar-refractivity contribution in [3.63, 3.8) is 0 Å². The number of phenolic OH excluding ortho intramolecular Hbond substituents is 1. The highest BCUT2D eigenvalue weighted by atomic mass is 32.1. The number of amides is 1. The van der Waals surface area contributed by atoms with E-state index in [9.17, 15) is 18.7 Å². The van der Waals surface area contributed by atoms with E-state index in [1.807, 2.05) is 0 Å². The topological polar surface area (TPSA) is 75.3 Å². The van der Waals surface area contributed by atoms with E-state index in [2.05, 4.69) is 5.32 Å². The van der Waals surface area contributed by atoms with Crippen LogP contribution in [0.25, 0.3) is 0 Å². The van der Waals surface area contributed by atoms with Gasteiger partial charge in [0.15, 0.2) is 0 Å². The van der Waals surface area contributed by atoms with Crippen LogP contribution in [0.15, 0.2) is 36.4 Å². The van der Waals surface area contributed by atoms with E-state index in [1.54, 1.807) is 0 Å². The van der Waals surface area contributed by atoms with Crippen molar-refractivity contribution in [2.45, 2.75) is 0 Å². The van der Waals surface area contributed by atoms with Gasteiger partial charge in [-0.3, -0.25) is 4.79 Å². The average molecular weight is 308 g/mol. The molecule has 21 heavy (non-hydrogen) atoms. The van der Waals surface area contributed by atoms with Gasteiger partial charge in [0.05, 0.1) is 11.3 Å². The van der Waals surface area contributed by atoms with Crippen molar-refractivity contribution >= 4 is 28.8 Å². The Morgan fingerprint density at radius 3 is 2.33 bits per heavy atom. The highest BCUT2D eigenvalue weighted by molar-refractivity contribution is 7.80. The van der Waals surface area contributed by atoms with Crippen LogP contribution in [-0.4, -0.2) is 16.0 Å². The molecule has 0 saturated heterocycles. The first-order valence-electron chi connectivity index (χ1n) is 5.77. The molecule has 2 rings (SSSR count). The van der Waals surface area contributed by atoms with Crippen LogP contribution in [-0.2, 0) is 0 Å². The quantitative estimate of drug-likeness (QED) is 0.762. The highest BCUT2D eigenvalue weighted by Crippen LogP contribution is 2.22. The van der Waals surface area contributed by atoms with E-state index in [1.165, 1.54) is 6.07 Å². The zero-order chi connectivity index (χ0) is 15.6. The molecule has 108 valence electrons. The van der Waals surface area contributed by atoms with Gasteiger partial charge in [-0.15, -0.1) is 0 Å². The Kier molecular flexibility index (Phi) is 4.13. The van der Waals surface area contributed by atoms with Crippen molar-refractivity contribution in [2.75, 3.05) is 5.32 Å². The Hall–Kier alpha value is -2.54. The van der Waals surface area contributed by atoms with Gasteiger partial charge >= 0.3 is 0 Å². The molecule has 0 aliphatic rings. The predicted octanol–water partition coefficient (Wildman–Crippen LogP) is 2.56. The molecule has 2 aromatic carbocycles. The van der Waals surface area contributed by atoms with Crippen LogP contribution in [0.4, 0.5) is 14.5 Å². The molecule has 0 saturated carbocycles. The van der Waals surface area contributed by atoms with Crippen molar-refractivity contribution in [2.24, 2.45) is 5.73 Å². The van der Waals surface area contributed by atoms with Crippen LogP contribution >= 0.6 is 12.2 Å². The zero-order valence-corrected chi connectivity index (χ0v) is 11.4. The number of hydrogen-bond acceptors (Lipinski definition) is 3. The summed E-state index contributed by atoms with van der Waals surface area (Å²) < 4.78 is 26.1. The molecule has 0 radical (unpaired) electrons. The van der Waals surface area contributed by atoms with Gasteiger partial charge in [-0.05, 0) is 30.3 Å². The number of carbonyl (C=O) groups is 1. The Morgan fingerprint density at radius 2 is 1.71 bits per heavy atom. The molecule has 0 fully saturated rings. The number of phenols is 1. The smallest absolute Gasteiger partial charge is 0.259 e. The third-order valence-corrected chi connectivity index (χ3v) is 2.92. The van der Waals surface area contributed by atoms with Crippen LogP contribution in [0, 0.1) is 11.6 Å². The van der Waals surface area contributed by atoms with Gasteiger partial charge in [0.1, 0.15) is 22.4 Å². The molecule has 2 aromatic rings. The summed E-state index contributed by atoms with van der Waals surface area (Å²) >= 11 is 4.78. The van der Waals surface area contributed by atoms with Crippen molar-refractivity contribution < 1.29 is 18.7 Å². The minimum atomic E-state index is -0.698. The fourth-order valence-electron chi connectivity index (χ4n) is 1.72. The van der Waals surface area contributed by atoms with Gasteiger partial charge in [-0.2, -0.15) is 0 Å². The number of carbonyl (C=O) groups excluding carboxylic acids is 1. The van der Waals surface area contributed by atoms with Gasteiger partial charge < -0.3 is 16.2 Å². The van der Waals surface area contributed by atoms with Crippen molar-refractivity contribution in [1.82, 2.24) is 0 Å². The summed E-state index contributed by atoms with van der Waals surface area (Å²) in [6.07, 6.45) is 0. The standard InChI is InChI=1S/C14H10F2N2O2S/c15-7-2-4-11(10(5-7)13(17)21)18-14(20)9-3-1-8(16)6-12(9)19/h1-6,19H,(H2,17,21)(H,18,20). The Morgan fingerprint density at radius 1 is 1.10 bits per heavy atom. The number of anilines is 1. The van der Waals surface area contributed by atoms with Gasteiger partial charge in [0.25, 0.3) is 5.91 Å². The SMILES string of the molecule is NC(=S)c1cc(F)ccc1NC(=O)c1ccc(F)cc1O.